The van der Waals surface area contributed by atoms with Gasteiger partial charge in [0.05, 0.1) is 11.0 Å². The maximum Gasteiger partial charge on any atom is 0.335 e. The average Bonchev–Trinajstić information content (AvgIpc) is 2.40. The Morgan fingerprint density at radius 1 is 1.40 bits per heavy atom. The number of hydrazine groups is 1. The number of ether oxygens (including phenoxy) is 1. The van der Waals surface area contributed by atoms with E-state index in [1.807, 2.05) is 0 Å². The number of hydrogen-bond donors (Lipinski definition) is 2. The van der Waals surface area contributed by atoms with Gasteiger partial charge in [0.25, 0.3) is 0 Å². The van der Waals surface area contributed by atoms with Crippen molar-refractivity contribution >= 4 is 11.4 Å². The van der Waals surface area contributed by atoms with Crippen molar-refractivity contribution in [2.75, 3.05) is 5.43 Å². The number of rotatable bonds is 4. The first-order chi connectivity index (χ1) is 9.43. The molecule has 0 radical (unpaired) electrons. The lowest BCUT2D eigenvalue weighted by molar-refractivity contribution is -0.385. The molecule has 0 saturated heterocycles. The molecular weight excluding hydrogens is 258 g/mol. The summed E-state index contributed by atoms with van der Waals surface area (Å²) in [7, 11) is 0. The Kier molecular flexibility index (Phi) is 4.13. The zero-order valence-electron chi connectivity index (χ0n) is 11.9. The van der Waals surface area contributed by atoms with Crippen LogP contribution in [0.3, 0.4) is 0 Å². The van der Waals surface area contributed by atoms with Gasteiger partial charge in [0.1, 0.15) is 5.69 Å². The van der Waals surface area contributed by atoms with E-state index in [0.29, 0.717) is 5.41 Å². The number of nitro groups is 1. The summed E-state index contributed by atoms with van der Waals surface area (Å²) < 4.78 is 5.85. The fourth-order valence-corrected chi connectivity index (χ4v) is 2.59. The molecule has 0 amide bonds. The van der Waals surface area contributed by atoms with Crippen LogP contribution in [0.2, 0.25) is 0 Å². The molecule has 0 aromatic heterocycles. The van der Waals surface area contributed by atoms with Crippen LogP contribution in [0.4, 0.5) is 11.4 Å². The molecule has 0 unspecified atom stereocenters. The average molecular weight is 279 g/mol. The molecular formula is C14H21N3O3. The highest BCUT2D eigenvalue weighted by Crippen LogP contribution is 2.39. The molecule has 3 N–H and O–H groups in total. The predicted octanol–water partition coefficient (Wildman–Crippen LogP) is 3.23. The van der Waals surface area contributed by atoms with E-state index in [4.69, 9.17) is 10.6 Å². The van der Waals surface area contributed by atoms with Crippen LogP contribution in [0.15, 0.2) is 18.2 Å². The molecule has 1 saturated carbocycles. The fourth-order valence-electron chi connectivity index (χ4n) is 2.59. The van der Waals surface area contributed by atoms with Crippen molar-refractivity contribution in [2.45, 2.75) is 45.6 Å². The van der Waals surface area contributed by atoms with E-state index in [1.165, 1.54) is 0 Å². The summed E-state index contributed by atoms with van der Waals surface area (Å²) in [5.74, 6) is 5.60. The highest BCUT2D eigenvalue weighted by atomic mass is 16.6. The van der Waals surface area contributed by atoms with Gasteiger partial charge in [0.2, 0.25) is 0 Å². The molecule has 1 aromatic rings. The number of hydrogen-bond acceptors (Lipinski definition) is 5. The summed E-state index contributed by atoms with van der Waals surface area (Å²) in [6.07, 6.45) is 4.02. The Morgan fingerprint density at radius 3 is 2.60 bits per heavy atom. The van der Waals surface area contributed by atoms with Crippen molar-refractivity contribution in [3.63, 3.8) is 0 Å². The molecule has 0 aliphatic heterocycles. The molecule has 0 bridgehead atoms. The van der Waals surface area contributed by atoms with Crippen molar-refractivity contribution in [3.05, 3.63) is 28.3 Å². The minimum absolute atomic E-state index is 0.0368. The smallest absolute Gasteiger partial charge is 0.335 e. The molecule has 2 rings (SSSR count). The highest BCUT2D eigenvalue weighted by molar-refractivity contribution is 5.67. The van der Waals surface area contributed by atoms with E-state index in [0.717, 1.165) is 25.7 Å². The van der Waals surface area contributed by atoms with Gasteiger partial charge in [-0.25, -0.2) is 0 Å². The standard InChI is InChI=1S/C14H21N3O3/c1-14(2)8-6-10(7-9-14)20-12-5-3-4-11(16-15)13(12)17(18)19/h3-5,10,16H,6-9,15H2,1-2H3. The summed E-state index contributed by atoms with van der Waals surface area (Å²) in [6.45, 7) is 4.48. The van der Waals surface area contributed by atoms with E-state index in [9.17, 15) is 10.1 Å². The monoisotopic (exact) mass is 279 g/mol. The third-order valence-corrected chi connectivity index (χ3v) is 3.92. The number of nitro benzene ring substituents is 1. The van der Waals surface area contributed by atoms with Crippen molar-refractivity contribution in [1.82, 2.24) is 0 Å². The van der Waals surface area contributed by atoms with Crippen LogP contribution in [0, 0.1) is 15.5 Å². The molecule has 6 nitrogen and oxygen atoms in total. The van der Waals surface area contributed by atoms with Crippen LogP contribution in [0.25, 0.3) is 0 Å². The van der Waals surface area contributed by atoms with Gasteiger partial charge in [-0.1, -0.05) is 19.9 Å². The SMILES string of the molecule is CC1(C)CCC(Oc2cccc(NN)c2[N+](=O)[O-])CC1. The van der Waals surface area contributed by atoms with Crippen LogP contribution in [-0.4, -0.2) is 11.0 Å². The number of nitrogens with two attached hydrogens (primary N) is 1. The fraction of sp³-hybridized carbons (Fsp3) is 0.571. The zero-order chi connectivity index (χ0) is 14.8. The number of nitrogens with one attached hydrogen (secondary N) is 1. The maximum atomic E-state index is 11.2. The van der Waals surface area contributed by atoms with Crippen molar-refractivity contribution in [2.24, 2.45) is 11.3 Å². The Labute approximate surface area is 118 Å². The number of para-hydroxylation sites is 1. The first-order valence-electron chi connectivity index (χ1n) is 6.83. The van der Waals surface area contributed by atoms with Crippen LogP contribution in [-0.2, 0) is 0 Å². The van der Waals surface area contributed by atoms with E-state index in [2.05, 4.69) is 19.3 Å². The molecule has 1 fully saturated rings. The van der Waals surface area contributed by atoms with E-state index in [-0.39, 0.29) is 23.2 Å². The summed E-state index contributed by atoms with van der Waals surface area (Å²) in [5, 5.41) is 11.2. The van der Waals surface area contributed by atoms with Gasteiger partial charge in [-0.05, 0) is 43.2 Å². The lowest BCUT2D eigenvalue weighted by atomic mass is 9.76. The summed E-state index contributed by atoms with van der Waals surface area (Å²) >= 11 is 0. The normalized spacial score (nSPS) is 18.6. The second-order valence-corrected chi connectivity index (χ2v) is 6.04. The van der Waals surface area contributed by atoms with Gasteiger partial charge < -0.3 is 10.2 Å². The molecule has 0 heterocycles. The Balaban J connectivity index is 2.16. The van der Waals surface area contributed by atoms with Gasteiger partial charge >= 0.3 is 5.69 Å². The summed E-state index contributed by atoms with van der Waals surface area (Å²) in [6, 6.07) is 4.89. The van der Waals surface area contributed by atoms with Crippen LogP contribution >= 0.6 is 0 Å². The second kappa shape index (κ2) is 5.66. The quantitative estimate of drug-likeness (QED) is 0.501. The Bertz CT molecular complexity index is 492. The largest absolute Gasteiger partial charge is 0.483 e. The van der Waals surface area contributed by atoms with Crippen LogP contribution < -0.4 is 16.0 Å². The molecule has 0 spiro atoms. The third-order valence-electron chi connectivity index (χ3n) is 3.92. The van der Waals surface area contributed by atoms with E-state index >= 15 is 0 Å². The van der Waals surface area contributed by atoms with Crippen molar-refractivity contribution < 1.29 is 9.66 Å². The van der Waals surface area contributed by atoms with Gasteiger partial charge in [-0.3, -0.25) is 16.0 Å². The second-order valence-electron chi connectivity index (χ2n) is 6.04. The minimum atomic E-state index is -0.461. The van der Waals surface area contributed by atoms with Gasteiger partial charge in [-0.2, -0.15) is 0 Å². The number of anilines is 1. The van der Waals surface area contributed by atoms with Crippen molar-refractivity contribution in [3.8, 4) is 5.75 Å². The lowest BCUT2D eigenvalue weighted by Gasteiger charge is -2.34. The summed E-state index contributed by atoms with van der Waals surface area (Å²) in [4.78, 5) is 10.7. The van der Waals surface area contributed by atoms with Gasteiger partial charge in [-0.15, -0.1) is 0 Å². The molecule has 1 aromatic carbocycles. The Morgan fingerprint density at radius 2 is 2.05 bits per heavy atom. The Hall–Kier alpha value is -1.82. The van der Waals surface area contributed by atoms with E-state index < -0.39 is 4.92 Å². The zero-order valence-corrected chi connectivity index (χ0v) is 11.9. The third kappa shape index (κ3) is 3.19. The maximum absolute atomic E-state index is 11.2. The molecule has 6 heteroatoms. The molecule has 20 heavy (non-hydrogen) atoms. The number of nitrogen functional groups attached to an aromatic ring is 1. The topological polar surface area (TPSA) is 90.4 Å². The van der Waals surface area contributed by atoms with Crippen LogP contribution in [0.5, 0.6) is 5.75 Å². The molecule has 1 aliphatic carbocycles. The number of benzene rings is 1. The number of nitrogens with zero attached hydrogens (tertiary/aromatic N) is 1. The lowest BCUT2D eigenvalue weighted by Crippen LogP contribution is -2.28. The first kappa shape index (κ1) is 14.6. The minimum Gasteiger partial charge on any atom is -0.483 e. The van der Waals surface area contributed by atoms with Gasteiger partial charge in [0.15, 0.2) is 5.75 Å². The molecule has 110 valence electrons. The predicted molar refractivity (Wildman–Crippen MR) is 77.6 cm³/mol. The molecule has 0 atom stereocenters. The molecule has 1 aliphatic rings. The van der Waals surface area contributed by atoms with Gasteiger partial charge in [0, 0.05) is 0 Å². The van der Waals surface area contributed by atoms with Crippen LogP contribution in [0.1, 0.15) is 39.5 Å². The van der Waals surface area contributed by atoms with Crippen molar-refractivity contribution in [1.29, 1.82) is 0 Å². The van der Waals surface area contributed by atoms with E-state index in [1.54, 1.807) is 18.2 Å². The summed E-state index contributed by atoms with van der Waals surface area (Å²) in [5.41, 5.74) is 2.86. The first-order valence-corrected chi connectivity index (χ1v) is 6.83. The highest BCUT2D eigenvalue weighted by Gasteiger charge is 2.30.